The van der Waals surface area contributed by atoms with Crippen LogP contribution < -0.4 is 5.73 Å². The summed E-state index contributed by atoms with van der Waals surface area (Å²) < 4.78 is 0. The molecule has 18 heavy (non-hydrogen) atoms. The van der Waals surface area contributed by atoms with Crippen LogP contribution in [0.2, 0.25) is 0 Å². The van der Waals surface area contributed by atoms with E-state index in [1.165, 1.54) is 12.1 Å². The van der Waals surface area contributed by atoms with Crippen LogP contribution in [-0.4, -0.2) is 16.9 Å². The molecule has 0 atom stereocenters. The number of hydrogen-bond acceptors (Lipinski definition) is 3. The molecule has 0 saturated carbocycles. The van der Waals surface area contributed by atoms with Gasteiger partial charge in [-0.2, -0.15) is 0 Å². The Morgan fingerprint density at radius 3 is 2.22 bits per heavy atom. The molecule has 0 bridgehead atoms. The van der Waals surface area contributed by atoms with Crippen LogP contribution in [0.4, 0.5) is 5.69 Å². The van der Waals surface area contributed by atoms with E-state index in [0.717, 1.165) is 11.1 Å². The molecule has 2 aromatic rings. The van der Waals surface area contributed by atoms with Gasteiger partial charge >= 0.3 is 5.97 Å². The third kappa shape index (κ3) is 1.32. The Morgan fingerprint density at radius 1 is 0.944 bits per heavy atom. The molecule has 0 spiro atoms. The maximum atomic E-state index is 12.2. The topological polar surface area (TPSA) is 80.4 Å². The van der Waals surface area contributed by atoms with E-state index in [0.29, 0.717) is 16.8 Å². The molecule has 3 N–H and O–H groups in total. The fraction of sp³-hybridized carbons (Fsp3) is 0. The Bertz CT molecular complexity index is 704. The first kappa shape index (κ1) is 10.5. The molecule has 0 unspecified atom stereocenters. The number of nitrogen functional groups attached to an aromatic ring is 1. The van der Waals surface area contributed by atoms with E-state index >= 15 is 0 Å². The lowest BCUT2D eigenvalue weighted by atomic mass is 10.0. The van der Waals surface area contributed by atoms with Crippen molar-refractivity contribution in [3.63, 3.8) is 0 Å². The first-order valence-electron chi connectivity index (χ1n) is 5.40. The molecular weight excluding hydrogens is 230 g/mol. The Kier molecular flexibility index (Phi) is 2.01. The predicted molar refractivity (Wildman–Crippen MR) is 66.7 cm³/mol. The first-order chi connectivity index (χ1) is 8.58. The summed E-state index contributed by atoms with van der Waals surface area (Å²) in [6.07, 6.45) is 0. The molecule has 0 saturated heterocycles. The number of ketones is 1. The van der Waals surface area contributed by atoms with Gasteiger partial charge in [-0.05, 0) is 35.4 Å². The molecule has 3 rings (SSSR count). The van der Waals surface area contributed by atoms with E-state index in [2.05, 4.69) is 0 Å². The molecule has 0 radical (unpaired) electrons. The van der Waals surface area contributed by atoms with Gasteiger partial charge in [-0.1, -0.05) is 12.1 Å². The zero-order valence-corrected chi connectivity index (χ0v) is 9.31. The number of carbonyl (C=O) groups is 2. The van der Waals surface area contributed by atoms with E-state index in [9.17, 15) is 9.59 Å². The standard InChI is InChI=1S/C14H9NO3/c15-8-2-4-10-9-3-1-7(14(17)18)5-11(9)13(16)12(10)6-8/h1-6H,15H2,(H,17,18). The highest BCUT2D eigenvalue weighted by molar-refractivity contribution is 6.22. The monoisotopic (exact) mass is 239 g/mol. The van der Waals surface area contributed by atoms with Gasteiger partial charge in [-0.15, -0.1) is 0 Å². The minimum absolute atomic E-state index is 0.114. The lowest BCUT2D eigenvalue weighted by Gasteiger charge is -2.01. The number of aromatic carboxylic acids is 1. The number of hydrogen-bond donors (Lipinski definition) is 2. The number of benzene rings is 2. The van der Waals surface area contributed by atoms with E-state index in [4.69, 9.17) is 10.8 Å². The molecule has 88 valence electrons. The second-order valence-electron chi connectivity index (χ2n) is 4.20. The summed E-state index contributed by atoms with van der Waals surface area (Å²) in [6.45, 7) is 0. The van der Waals surface area contributed by atoms with Crippen molar-refractivity contribution >= 4 is 17.4 Å². The van der Waals surface area contributed by atoms with Crippen molar-refractivity contribution in [3.8, 4) is 11.1 Å². The number of carboxylic acid groups (broad SMARTS) is 1. The van der Waals surface area contributed by atoms with E-state index in [-0.39, 0.29) is 11.3 Å². The Labute approximate surface area is 103 Å². The van der Waals surface area contributed by atoms with Gasteiger partial charge in [-0.25, -0.2) is 4.79 Å². The van der Waals surface area contributed by atoms with Crippen LogP contribution in [0.5, 0.6) is 0 Å². The second-order valence-corrected chi connectivity index (χ2v) is 4.20. The molecule has 0 aliphatic heterocycles. The van der Waals surface area contributed by atoms with Gasteiger partial charge < -0.3 is 10.8 Å². The number of carbonyl (C=O) groups excluding carboxylic acids is 1. The summed E-state index contributed by atoms with van der Waals surface area (Å²) in [5.41, 5.74) is 8.83. The van der Waals surface area contributed by atoms with E-state index in [1.54, 1.807) is 24.3 Å². The fourth-order valence-corrected chi connectivity index (χ4v) is 2.23. The highest BCUT2D eigenvalue weighted by atomic mass is 16.4. The zero-order chi connectivity index (χ0) is 12.9. The lowest BCUT2D eigenvalue weighted by molar-refractivity contribution is 0.0697. The maximum absolute atomic E-state index is 12.2. The number of carboxylic acids is 1. The lowest BCUT2D eigenvalue weighted by Crippen LogP contribution is -2.00. The predicted octanol–water partition coefficient (Wildman–Crippen LogP) is 2.18. The average Bonchev–Trinajstić information content (AvgIpc) is 2.62. The summed E-state index contributed by atoms with van der Waals surface area (Å²) in [4.78, 5) is 23.1. The van der Waals surface area contributed by atoms with Crippen molar-refractivity contribution in [2.75, 3.05) is 5.73 Å². The SMILES string of the molecule is Nc1ccc2c(c1)C(=O)c1cc(C(=O)O)ccc1-2. The Balaban J connectivity index is 2.26. The number of rotatable bonds is 1. The molecule has 0 fully saturated rings. The largest absolute Gasteiger partial charge is 0.478 e. The number of nitrogens with two attached hydrogens (primary N) is 1. The molecule has 0 aromatic heterocycles. The highest BCUT2D eigenvalue weighted by Gasteiger charge is 2.27. The minimum atomic E-state index is -1.04. The van der Waals surface area contributed by atoms with Crippen LogP contribution in [0.1, 0.15) is 26.3 Å². The van der Waals surface area contributed by atoms with Gasteiger partial charge in [0.05, 0.1) is 5.56 Å². The quantitative estimate of drug-likeness (QED) is 0.638. The van der Waals surface area contributed by atoms with Crippen molar-refractivity contribution < 1.29 is 14.7 Å². The van der Waals surface area contributed by atoms with Gasteiger partial charge in [0.2, 0.25) is 0 Å². The molecule has 0 heterocycles. The summed E-state index contributed by atoms with van der Waals surface area (Å²) in [6, 6.07) is 9.72. The molecular formula is C14H9NO3. The molecule has 1 aliphatic carbocycles. The minimum Gasteiger partial charge on any atom is -0.478 e. The van der Waals surface area contributed by atoms with Crippen LogP contribution >= 0.6 is 0 Å². The normalized spacial score (nSPS) is 12.1. The molecule has 0 amide bonds. The average molecular weight is 239 g/mol. The van der Waals surface area contributed by atoms with Crippen LogP contribution in [0.25, 0.3) is 11.1 Å². The van der Waals surface area contributed by atoms with Gasteiger partial charge in [0, 0.05) is 16.8 Å². The van der Waals surface area contributed by atoms with Crippen LogP contribution in [0, 0.1) is 0 Å². The van der Waals surface area contributed by atoms with Gasteiger partial charge in [0.15, 0.2) is 5.78 Å². The van der Waals surface area contributed by atoms with Gasteiger partial charge in [0.1, 0.15) is 0 Å². The summed E-state index contributed by atoms with van der Waals surface area (Å²) in [5, 5.41) is 8.93. The van der Waals surface area contributed by atoms with Crippen molar-refractivity contribution in [2.24, 2.45) is 0 Å². The van der Waals surface area contributed by atoms with Crippen molar-refractivity contribution in [2.45, 2.75) is 0 Å². The molecule has 2 aromatic carbocycles. The van der Waals surface area contributed by atoms with Crippen molar-refractivity contribution in [1.82, 2.24) is 0 Å². The molecule has 1 aliphatic rings. The van der Waals surface area contributed by atoms with Crippen molar-refractivity contribution in [3.05, 3.63) is 53.1 Å². The number of fused-ring (bicyclic) bond motifs is 3. The van der Waals surface area contributed by atoms with Gasteiger partial charge in [0.25, 0.3) is 0 Å². The van der Waals surface area contributed by atoms with Gasteiger partial charge in [-0.3, -0.25) is 4.79 Å². The Hall–Kier alpha value is -2.62. The Morgan fingerprint density at radius 2 is 1.56 bits per heavy atom. The van der Waals surface area contributed by atoms with Crippen LogP contribution in [0.15, 0.2) is 36.4 Å². The van der Waals surface area contributed by atoms with E-state index < -0.39 is 5.97 Å². The smallest absolute Gasteiger partial charge is 0.335 e. The van der Waals surface area contributed by atoms with Crippen LogP contribution in [-0.2, 0) is 0 Å². The van der Waals surface area contributed by atoms with E-state index in [1.807, 2.05) is 0 Å². The van der Waals surface area contributed by atoms with Crippen molar-refractivity contribution in [1.29, 1.82) is 0 Å². The highest BCUT2D eigenvalue weighted by Crippen LogP contribution is 2.37. The van der Waals surface area contributed by atoms with Crippen LogP contribution in [0.3, 0.4) is 0 Å². The summed E-state index contributed by atoms with van der Waals surface area (Å²) >= 11 is 0. The zero-order valence-electron chi connectivity index (χ0n) is 9.31. The molecule has 4 nitrogen and oxygen atoms in total. The fourth-order valence-electron chi connectivity index (χ4n) is 2.23. The third-order valence-electron chi connectivity index (χ3n) is 3.09. The summed E-state index contributed by atoms with van der Waals surface area (Å²) in [7, 11) is 0. The second kappa shape index (κ2) is 3.43. The first-order valence-corrected chi connectivity index (χ1v) is 5.40. The number of anilines is 1. The third-order valence-corrected chi connectivity index (χ3v) is 3.09. The molecule has 4 heteroatoms. The summed E-state index contributed by atoms with van der Waals surface area (Å²) in [5.74, 6) is -1.21. The maximum Gasteiger partial charge on any atom is 0.335 e.